The first-order valence-corrected chi connectivity index (χ1v) is 8.30. The lowest BCUT2D eigenvalue weighted by Crippen LogP contribution is -2.08. The number of carboxylic acids is 1. The largest absolute Gasteiger partial charge is 0.481 e. The van der Waals surface area contributed by atoms with Crippen LogP contribution in [0.5, 0.6) is 0 Å². The molecule has 18 heavy (non-hydrogen) atoms. The van der Waals surface area contributed by atoms with Crippen LogP contribution in [0.2, 0.25) is 0 Å². The van der Waals surface area contributed by atoms with Crippen LogP contribution >= 0.6 is 23.1 Å². The van der Waals surface area contributed by atoms with Gasteiger partial charge in [0.25, 0.3) is 0 Å². The molecule has 1 aliphatic rings. The van der Waals surface area contributed by atoms with E-state index in [1.165, 1.54) is 32.1 Å². The molecule has 100 valence electrons. The summed E-state index contributed by atoms with van der Waals surface area (Å²) in [5.41, 5.74) is 0.890. The van der Waals surface area contributed by atoms with E-state index in [1.807, 2.05) is 18.7 Å². The number of aryl methyl sites for hydroxylation is 1. The molecule has 0 amide bonds. The lowest BCUT2D eigenvalue weighted by atomic mass is 10.0. The van der Waals surface area contributed by atoms with Gasteiger partial charge >= 0.3 is 5.97 Å². The van der Waals surface area contributed by atoms with Crippen molar-refractivity contribution < 1.29 is 9.90 Å². The zero-order valence-electron chi connectivity index (χ0n) is 10.6. The molecule has 1 fully saturated rings. The van der Waals surface area contributed by atoms with Gasteiger partial charge in [0.05, 0.1) is 12.1 Å². The molecule has 0 saturated heterocycles. The van der Waals surface area contributed by atoms with Crippen molar-refractivity contribution in [2.24, 2.45) is 0 Å². The predicted octanol–water partition coefficient (Wildman–Crippen LogP) is 3.64. The van der Waals surface area contributed by atoms with E-state index in [9.17, 15) is 4.79 Å². The maximum atomic E-state index is 10.7. The fourth-order valence-corrected chi connectivity index (χ4v) is 4.68. The van der Waals surface area contributed by atoms with E-state index in [-0.39, 0.29) is 6.42 Å². The summed E-state index contributed by atoms with van der Waals surface area (Å²) in [7, 11) is 0. The quantitative estimate of drug-likeness (QED) is 0.897. The highest BCUT2D eigenvalue weighted by Crippen LogP contribution is 2.32. The topological polar surface area (TPSA) is 50.2 Å². The smallest absolute Gasteiger partial charge is 0.308 e. The van der Waals surface area contributed by atoms with Crippen LogP contribution in [0.15, 0.2) is 0 Å². The van der Waals surface area contributed by atoms with Crippen LogP contribution < -0.4 is 0 Å². The molecule has 0 radical (unpaired) electrons. The van der Waals surface area contributed by atoms with Crippen molar-refractivity contribution in [1.29, 1.82) is 0 Å². The number of rotatable bonds is 5. The molecule has 1 saturated carbocycles. The summed E-state index contributed by atoms with van der Waals surface area (Å²) in [6.45, 7) is 1.91. The lowest BCUT2D eigenvalue weighted by Gasteiger charge is -2.20. The van der Waals surface area contributed by atoms with Gasteiger partial charge in [-0.05, 0) is 19.8 Å². The molecule has 1 aromatic heterocycles. The summed E-state index contributed by atoms with van der Waals surface area (Å²) in [5, 5.41) is 10.7. The Kier molecular flexibility index (Phi) is 5.06. The van der Waals surface area contributed by atoms with Crippen molar-refractivity contribution in [2.45, 2.75) is 56.5 Å². The zero-order valence-corrected chi connectivity index (χ0v) is 12.3. The van der Waals surface area contributed by atoms with Crippen LogP contribution in [0.1, 0.15) is 47.7 Å². The van der Waals surface area contributed by atoms with Gasteiger partial charge < -0.3 is 5.11 Å². The molecule has 5 heteroatoms. The van der Waals surface area contributed by atoms with E-state index in [0.29, 0.717) is 0 Å². The summed E-state index contributed by atoms with van der Waals surface area (Å²) < 4.78 is 0. The van der Waals surface area contributed by atoms with Gasteiger partial charge in [-0.1, -0.05) is 19.3 Å². The van der Waals surface area contributed by atoms with E-state index in [2.05, 4.69) is 4.98 Å². The van der Waals surface area contributed by atoms with Crippen molar-refractivity contribution in [3.63, 3.8) is 0 Å². The molecule has 3 nitrogen and oxygen atoms in total. The van der Waals surface area contributed by atoms with Crippen LogP contribution in [0.4, 0.5) is 0 Å². The van der Waals surface area contributed by atoms with Gasteiger partial charge in [-0.3, -0.25) is 4.79 Å². The fourth-order valence-electron chi connectivity index (χ4n) is 2.27. The SMILES string of the molecule is Cc1nc(CSC2CCCCC2)sc1CC(=O)O. The van der Waals surface area contributed by atoms with Gasteiger partial charge in [0.15, 0.2) is 0 Å². The molecule has 1 N–H and O–H groups in total. The van der Waals surface area contributed by atoms with E-state index >= 15 is 0 Å². The normalized spacial score (nSPS) is 16.9. The average molecular weight is 285 g/mol. The molecule has 0 atom stereocenters. The van der Waals surface area contributed by atoms with Gasteiger partial charge in [0, 0.05) is 15.9 Å². The number of aromatic nitrogens is 1. The summed E-state index contributed by atoms with van der Waals surface area (Å²) in [5.74, 6) is 0.170. The highest BCUT2D eigenvalue weighted by molar-refractivity contribution is 7.99. The van der Waals surface area contributed by atoms with Gasteiger partial charge in [-0.15, -0.1) is 11.3 Å². The monoisotopic (exact) mass is 285 g/mol. The number of carbonyl (C=O) groups is 1. The second kappa shape index (κ2) is 6.57. The van der Waals surface area contributed by atoms with E-state index in [4.69, 9.17) is 5.11 Å². The van der Waals surface area contributed by atoms with Crippen molar-refractivity contribution in [2.75, 3.05) is 0 Å². The van der Waals surface area contributed by atoms with Crippen LogP contribution in [-0.2, 0) is 17.0 Å². The van der Waals surface area contributed by atoms with Crippen LogP contribution in [-0.4, -0.2) is 21.3 Å². The Morgan fingerprint density at radius 2 is 2.17 bits per heavy atom. The Hall–Kier alpha value is -0.550. The average Bonchev–Trinajstić information content (AvgIpc) is 2.68. The van der Waals surface area contributed by atoms with Crippen molar-refractivity contribution in [3.8, 4) is 0 Å². The molecule has 0 aromatic carbocycles. The second-order valence-corrected chi connectivity index (χ2v) is 7.21. The fraction of sp³-hybridized carbons (Fsp3) is 0.692. The number of carboxylic acid groups (broad SMARTS) is 1. The first-order valence-electron chi connectivity index (χ1n) is 6.43. The summed E-state index contributed by atoms with van der Waals surface area (Å²) >= 11 is 3.56. The second-order valence-electron chi connectivity index (χ2n) is 4.76. The number of hydrogen-bond donors (Lipinski definition) is 1. The maximum Gasteiger partial charge on any atom is 0.308 e. The van der Waals surface area contributed by atoms with Crippen LogP contribution in [0.3, 0.4) is 0 Å². The standard InChI is InChI=1S/C13H19NO2S2/c1-9-11(7-13(15)16)18-12(14-9)8-17-10-5-3-2-4-6-10/h10H,2-8H2,1H3,(H,15,16). The van der Waals surface area contributed by atoms with Gasteiger partial charge in [0.2, 0.25) is 0 Å². The summed E-state index contributed by atoms with van der Waals surface area (Å²) in [6.07, 6.45) is 6.87. The minimum atomic E-state index is -0.770. The zero-order chi connectivity index (χ0) is 13.0. The maximum absolute atomic E-state index is 10.7. The molecule has 0 aliphatic heterocycles. The summed E-state index contributed by atoms with van der Waals surface area (Å²) in [4.78, 5) is 16.1. The van der Waals surface area contributed by atoms with Crippen LogP contribution in [0.25, 0.3) is 0 Å². The number of aliphatic carboxylic acids is 1. The Labute approximate surface area is 116 Å². The highest BCUT2D eigenvalue weighted by Gasteiger charge is 2.16. The minimum absolute atomic E-state index is 0.109. The molecule has 2 rings (SSSR count). The Morgan fingerprint density at radius 1 is 1.44 bits per heavy atom. The first-order chi connectivity index (χ1) is 8.65. The number of thioether (sulfide) groups is 1. The van der Waals surface area contributed by atoms with E-state index < -0.39 is 5.97 Å². The molecule has 1 heterocycles. The van der Waals surface area contributed by atoms with E-state index in [1.54, 1.807) is 11.3 Å². The Balaban J connectivity index is 1.87. The Morgan fingerprint density at radius 3 is 2.83 bits per heavy atom. The molecular formula is C13H19NO2S2. The Bertz CT molecular complexity index is 411. The van der Waals surface area contributed by atoms with Gasteiger partial charge in [0.1, 0.15) is 5.01 Å². The molecule has 1 aromatic rings. The predicted molar refractivity (Wildman–Crippen MR) is 76.4 cm³/mol. The van der Waals surface area contributed by atoms with Gasteiger partial charge in [-0.25, -0.2) is 4.98 Å². The molecule has 0 spiro atoms. The molecule has 0 unspecified atom stereocenters. The number of nitrogens with zero attached hydrogens (tertiary/aromatic N) is 1. The highest BCUT2D eigenvalue weighted by atomic mass is 32.2. The third-order valence-electron chi connectivity index (χ3n) is 3.24. The van der Waals surface area contributed by atoms with Crippen molar-refractivity contribution in [3.05, 3.63) is 15.6 Å². The molecule has 1 aliphatic carbocycles. The number of hydrogen-bond acceptors (Lipinski definition) is 4. The molecular weight excluding hydrogens is 266 g/mol. The minimum Gasteiger partial charge on any atom is -0.481 e. The van der Waals surface area contributed by atoms with Crippen molar-refractivity contribution >= 4 is 29.1 Å². The third kappa shape index (κ3) is 3.99. The van der Waals surface area contributed by atoms with Gasteiger partial charge in [-0.2, -0.15) is 11.8 Å². The van der Waals surface area contributed by atoms with Crippen molar-refractivity contribution in [1.82, 2.24) is 4.98 Å². The third-order valence-corrected chi connectivity index (χ3v) is 5.97. The van der Waals surface area contributed by atoms with Crippen LogP contribution in [0, 0.1) is 6.92 Å². The van der Waals surface area contributed by atoms with E-state index in [0.717, 1.165) is 26.6 Å². The number of thiazole rings is 1. The summed E-state index contributed by atoms with van der Waals surface area (Å²) in [6, 6.07) is 0. The lowest BCUT2D eigenvalue weighted by molar-refractivity contribution is -0.136. The molecule has 0 bridgehead atoms. The first kappa shape index (κ1) is 13.9.